The Morgan fingerprint density at radius 1 is 1.15 bits per heavy atom. The number of amides is 1. The summed E-state index contributed by atoms with van der Waals surface area (Å²) < 4.78 is 51.7. The number of alkyl halides is 3. The molecule has 27 heavy (non-hydrogen) atoms. The largest absolute Gasteiger partial charge is 0.492 e. The number of carbonyl (C=O) groups is 1. The minimum absolute atomic E-state index is 0.102. The van der Waals surface area contributed by atoms with E-state index < -0.39 is 17.9 Å². The number of halogens is 3. The van der Waals surface area contributed by atoms with Gasteiger partial charge in [-0.15, -0.1) is 0 Å². The highest BCUT2D eigenvalue weighted by Gasteiger charge is 2.60. The maximum absolute atomic E-state index is 13.8. The first-order valence-corrected chi connectivity index (χ1v) is 8.40. The number of hydrogen-bond acceptors (Lipinski definition) is 4. The van der Waals surface area contributed by atoms with Crippen molar-refractivity contribution in [2.75, 3.05) is 26.3 Å². The third-order valence-corrected chi connectivity index (χ3v) is 4.87. The fraction of sp³-hybridized carbons (Fsp3) is 0.316. The zero-order chi connectivity index (χ0) is 19.2. The van der Waals surface area contributed by atoms with Crippen molar-refractivity contribution in [3.8, 4) is 16.9 Å². The first kappa shape index (κ1) is 17.7. The molecule has 0 aromatic heterocycles. The van der Waals surface area contributed by atoms with Crippen LogP contribution >= 0.6 is 0 Å². The molecule has 0 radical (unpaired) electrons. The Labute approximate surface area is 152 Å². The second-order valence-corrected chi connectivity index (χ2v) is 6.41. The topological polar surface area (TPSA) is 59.0 Å². The van der Waals surface area contributed by atoms with Crippen LogP contribution < -0.4 is 4.74 Å². The Hall–Kier alpha value is -2.74. The summed E-state index contributed by atoms with van der Waals surface area (Å²) in [5, 5.41) is 10.6. The standard InChI is InChI=1S/C19H16F3NO4/c20-19(21,22)18(25)15-4-2-1-3-13(15)14-6-5-12(11-16(14)18)26-9-7-23-8-10-27-17(23)24/h1-6,11,25H,7-10H2. The minimum atomic E-state index is -4.88. The minimum Gasteiger partial charge on any atom is -0.492 e. The molecular weight excluding hydrogens is 363 g/mol. The molecule has 1 amide bonds. The normalized spacial score (nSPS) is 21.0. The lowest BCUT2D eigenvalue weighted by Crippen LogP contribution is -2.41. The summed E-state index contributed by atoms with van der Waals surface area (Å²) in [5.41, 5.74) is -2.87. The lowest BCUT2D eigenvalue weighted by atomic mass is 9.91. The van der Waals surface area contributed by atoms with Crippen molar-refractivity contribution in [3.63, 3.8) is 0 Å². The van der Waals surface area contributed by atoms with Gasteiger partial charge in [-0.25, -0.2) is 4.79 Å². The monoisotopic (exact) mass is 379 g/mol. The van der Waals surface area contributed by atoms with Gasteiger partial charge >= 0.3 is 12.3 Å². The Morgan fingerprint density at radius 3 is 2.59 bits per heavy atom. The van der Waals surface area contributed by atoms with Crippen LogP contribution in [0.3, 0.4) is 0 Å². The van der Waals surface area contributed by atoms with E-state index in [2.05, 4.69) is 0 Å². The average molecular weight is 379 g/mol. The summed E-state index contributed by atoms with van der Waals surface area (Å²) in [6.07, 6.45) is -5.32. The van der Waals surface area contributed by atoms with E-state index in [-0.39, 0.29) is 30.0 Å². The molecule has 1 N–H and O–H groups in total. The molecule has 0 bridgehead atoms. The highest BCUT2D eigenvalue weighted by molar-refractivity contribution is 5.81. The van der Waals surface area contributed by atoms with Gasteiger partial charge in [-0.05, 0) is 23.3 Å². The lowest BCUT2D eigenvalue weighted by Gasteiger charge is -2.28. The molecule has 5 nitrogen and oxygen atoms in total. The molecule has 1 heterocycles. The third kappa shape index (κ3) is 2.71. The van der Waals surface area contributed by atoms with Crippen molar-refractivity contribution in [2.45, 2.75) is 11.8 Å². The van der Waals surface area contributed by atoms with Gasteiger partial charge in [0.05, 0.1) is 13.1 Å². The molecule has 1 aliphatic heterocycles. The van der Waals surface area contributed by atoms with E-state index >= 15 is 0 Å². The number of carbonyl (C=O) groups excluding carboxylic acids is 1. The predicted octanol–water partition coefficient (Wildman–Crippen LogP) is 3.30. The molecule has 1 atom stereocenters. The van der Waals surface area contributed by atoms with Crippen LogP contribution in [0.2, 0.25) is 0 Å². The molecule has 1 unspecified atom stereocenters. The van der Waals surface area contributed by atoms with E-state index in [4.69, 9.17) is 9.47 Å². The quantitative estimate of drug-likeness (QED) is 0.886. The van der Waals surface area contributed by atoms with E-state index in [0.29, 0.717) is 24.3 Å². The number of ether oxygens (including phenoxy) is 2. The van der Waals surface area contributed by atoms with Crippen LogP contribution in [-0.4, -0.2) is 48.6 Å². The van der Waals surface area contributed by atoms with Crippen LogP contribution in [0.4, 0.5) is 18.0 Å². The maximum Gasteiger partial charge on any atom is 0.425 e. The number of rotatable bonds is 4. The van der Waals surface area contributed by atoms with Crippen LogP contribution in [0.1, 0.15) is 11.1 Å². The van der Waals surface area contributed by atoms with Crippen molar-refractivity contribution in [2.24, 2.45) is 0 Å². The summed E-state index contributed by atoms with van der Waals surface area (Å²) in [5.74, 6) is 0.191. The summed E-state index contributed by atoms with van der Waals surface area (Å²) >= 11 is 0. The van der Waals surface area contributed by atoms with Gasteiger partial charge in [0, 0.05) is 11.1 Å². The first-order chi connectivity index (χ1) is 12.8. The average Bonchev–Trinajstić information content (AvgIpc) is 3.15. The Bertz CT molecular complexity index is 899. The fourth-order valence-electron chi connectivity index (χ4n) is 3.53. The fourth-order valence-corrected chi connectivity index (χ4v) is 3.53. The third-order valence-electron chi connectivity index (χ3n) is 4.87. The Kier molecular flexibility index (Phi) is 4.03. The molecule has 1 fully saturated rings. The van der Waals surface area contributed by atoms with E-state index in [1.807, 2.05) is 0 Å². The van der Waals surface area contributed by atoms with Gasteiger partial charge in [-0.3, -0.25) is 0 Å². The molecule has 142 valence electrons. The van der Waals surface area contributed by atoms with Gasteiger partial charge in [0.15, 0.2) is 0 Å². The summed E-state index contributed by atoms with van der Waals surface area (Å²) in [6, 6.07) is 10.2. The summed E-state index contributed by atoms with van der Waals surface area (Å²) in [6.45, 7) is 1.13. The van der Waals surface area contributed by atoms with E-state index in [0.717, 1.165) is 0 Å². The molecule has 4 rings (SSSR count). The molecule has 2 aromatic carbocycles. The van der Waals surface area contributed by atoms with Crippen molar-refractivity contribution in [1.82, 2.24) is 4.90 Å². The number of aliphatic hydroxyl groups is 1. The van der Waals surface area contributed by atoms with Crippen LogP contribution in [0.15, 0.2) is 42.5 Å². The van der Waals surface area contributed by atoms with Crippen LogP contribution in [-0.2, 0) is 10.3 Å². The number of cyclic esters (lactones) is 1. The molecule has 2 aromatic rings. The summed E-state index contributed by atoms with van der Waals surface area (Å²) in [4.78, 5) is 12.8. The van der Waals surface area contributed by atoms with E-state index in [9.17, 15) is 23.1 Å². The second-order valence-electron chi connectivity index (χ2n) is 6.41. The van der Waals surface area contributed by atoms with Gasteiger partial charge in [0.2, 0.25) is 5.60 Å². The predicted molar refractivity (Wildman–Crippen MR) is 89.3 cm³/mol. The number of benzene rings is 2. The van der Waals surface area contributed by atoms with E-state index in [1.54, 1.807) is 18.2 Å². The van der Waals surface area contributed by atoms with Crippen LogP contribution in [0.5, 0.6) is 5.75 Å². The van der Waals surface area contributed by atoms with Gasteiger partial charge in [0.1, 0.15) is 19.0 Å². The van der Waals surface area contributed by atoms with Gasteiger partial charge < -0.3 is 19.5 Å². The smallest absolute Gasteiger partial charge is 0.425 e. The zero-order valence-electron chi connectivity index (χ0n) is 14.1. The van der Waals surface area contributed by atoms with Gasteiger partial charge in [-0.1, -0.05) is 30.3 Å². The number of hydrogen-bond donors (Lipinski definition) is 1. The van der Waals surface area contributed by atoms with Crippen LogP contribution in [0.25, 0.3) is 11.1 Å². The molecule has 0 spiro atoms. The number of nitrogens with zero attached hydrogens (tertiary/aromatic N) is 1. The summed E-state index contributed by atoms with van der Waals surface area (Å²) in [7, 11) is 0. The molecule has 0 saturated carbocycles. The molecule has 2 aliphatic rings. The number of fused-ring (bicyclic) bond motifs is 3. The van der Waals surface area contributed by atoms with Crippen LogP contribution in [0, 0.1) is 0 Å². The van der Waals surface area contributed by atoms with E-state index in [1.165, 1.54) is 29.2 Å². The molecule has 1 saturated heterocycles. The highest BCUT2D eigenvalue weighted by Crippen LogP contribution is 2.55. The molecular formula is C19H16F3NO4. The second kappa shape index (κ2) is 6.16. The van der Waals surface area contributed by atoms with Crippen molar-refractivity contribution in [3.05, 3.63) is 53.6 Å². The maximum atomic E-state index is 13.8. The SMILES string of the molecule is O=C1OCCN1CCOc1ccc2c(c1)C(O)(C(F)(F)F)c1ccccc1-2. The van der Waals surface area contributed by atoms with Gasteiger partial charge in [0.25, 0.3) is 0 Å². The lowest BCUT2D eigenvalue weighted by molar-refractivity contribution is -0.246. The molecule has 1 aliphatic carbocycles. The Balaban J connectivity index is 1.62. The van der Waals surface area contributed by atoms with Crippen molar-refractivity contribution >= 4 is 6.09 Å². The van der Waals surface area contributed by atoms with Gasteiger partial charge in [-0.2, -0.15) is 13.2 Å². The Morgan fingerprint density at radius 2 is 1.89 bits per heavy atom. The highest BCUT2D eigenvalue weighted by atomic mass is 19.4. The van der Waals surface area contributed by atoms with Crippen molar-refractivity contribution < 1.29 is 32.5 Å². The zero-order valence-corrected chi connectivity index (χ0v) is 14.1. The first-order valence-electron chi connectivity index (χ1n) is 8.40. The van der Waals surface area contributed by atoms with Crippen molar-refractivity contribution in [1.29, 1.82) is 0 Å². The molecule has 8 heteroatoms.